The molecular formula is C13H23NO3. The molecule has 98 valence electrons. The van der Waals surface area contributed by atoms with E-state index in [0.29, 0.717) is 5.92 Å². The van der Waals surface area contributed by atoms with Gasteiger partial charge < -0.3 is 9.84 Å². The first-order valence-electron chi connectivity index (χ1n) is 6.70. The fourth-order valence-corrected chi connectivity index (χ4v) is 3.51. The zero-order chi connectivity index (χ0) is 12.3. The van der Waals surface area contributed by atoms with Crippen LogP contribution in [0.5, 0.6) is 0 Å². The van der Waals surface area contributed by atoms with Gasteiger partial charge >= 0.3 is 5.97 Å². The van der Waals surface area contributed by atoms with Crippen LogP contribution >= 0.6 is 0 Å². The van der Waals surface area contributed by atoms with E-state index < -0.39 is 5.97 Å². The topological polar surface area (TPSA) is 49.8 Å². The maximum atomic E-state index is 11.2. The van der Waals surface area contributed by atoms with E-state index in [9.17, 15) is 9.90 Å². The van der Waals surface area contributed by atoms with Crippen molar-refractivity contribution in [2.45, 2.75) is 44.6 Å². The second-order valence-corrected chi connectivity index (χ2v) is 5.42. The first-order valence-corrected chi connectivity index (χ1v) is 6.70. The van der Waals surface area contributed by atoms with Crippen LogP contribution in [0.3, 0.4) is 0 Å². The number of ether oxygens (including phenoxy) is 1. The average Bonchev–Trinajstić information content (AvgIpc) is 2.33. The van der Waals surface area contributed by atoms with Gasteiger partial charge in [-0.05, 0) is 18.8 Å². The lowest BCUT2D eigenvalue weighted by Gasteiger charge is -2.51. The quantitative estimate of drug-likeness (QED) is 0.817. The Morgan fingerprint density at radius 3 is 2.71 bits per heavy atom. The fraction of sp³-hybridized carbons (Fsp3) is 0.923. The van der Waals surface area contributed by atoms with Crippen LogP contribution in [0.2, 0.25) is 0 Å². The first kappa shape index (κ1) is 12.8. The predicted molar refractivity (Wildman–Crippen MR) is 65.0 cm³/mol. The molecule has 0 aromatic rings. The van der Waals surface area contributed by atoms with Crippen LogP contribution in [0.25, 0.3) is 0 Å². The molecule has 2 rings (SSSR count). The minimum absolute atomic E-state index is 0.117. The van der Waals surface area contributed by atoms with Gasteiger partial charge in [-0.25, -0.2) is 0 Å². The minimum atomic E-state index is -0.662. The highest BCUT2D eigenvalue weighted by atomic mass is 16.5. The van der Waals surface area contributed by atoms with Crippen LogP contribution in [-0.2, 0) is 9.53 Å². The Morgan fingerprint density at radius 2 is 2.12 bits per heavy atom. The summed E-state index contributed by atoms with van der Waals surface area (Å²) in [6, 6.07) is 0. The van der Waals surface area contributed by atoms with Gasteiger partial charge in [0.1, 0.15) is 0 Å². The van der Waals surface area contributed by atoms with Gasteiger partial charge in [-0.2, -0.15) is 0 Å². The lowest BCUT2D eigenvalue weighted by Crippen LogP contribution is -2.59. The molecule has 4 nitrogen and oxygen atoms in total. The molecule has 2 atom stereocenters. The summed E-state index contributed by atoms with van der Waals surface area (Å²) in [5.74, 6) is -0.185. The van der Waals surface area contributed by atoms with Gasteiger partial charge in [-0.3, -0.25) is 9.69 Å². The van der Waals surface area contributed by atoms with Gasteiger partial charge in [0.15, 0.2) is 0 Å². The number of carboxylic acids is 1. The number of hydrogen-bond acceptors (Lipinski definition) is 3. The largest absolute Gasteiger partial charge is 0.481 e. The molecule has 1 heterocycles. The Morgan fingerprint density at radius 1 is 1.41 bits per heavy atom. The van der Waals surface area contributed by atoms with E-state index in [1.165, 1.54) is 6.42 Å². The summed E-state index contributed by atoms with van der Waals surface area (Å²) in [4.78, 5) is 13.6. The summed E-state index contributed by atoms with van der Waals surface area (Å²) in [5.41, 5.74) is -0.117. The van der Waals surface area contributed by atoms with Gasteiger partial charge in [0.05, 0.1) is 19.6 Å². The highest BCUT2D eigenvalue weighted by Crippen LogP contribution is 2.41. The summed E-state index contributed by atoms with van der Waals surface area (Å²) in [6.45, 7) is 5.48. The number of morpholine rings is 1. The minimum Gasteiger partial charge on any atom is -0.481 e. The standard InChI is InChI=1S/C13H23NO3/c1-11-4-2-3-5-13(11,10-12(15)16)14-6-8-17-9-7-14/h11H,2-10H2,1H3,(H,15,16). The predicted octanol–water partition coefficient (Wildman–Crippen LogP) is 1.74. The van der Waals surface area contributed by atoms with Crippen molar-refractivity contribution >= 4 is 5.97 Å². The molecule has 0 aromatic heterocycles. The second-order valence-electron chi connectivity index (χ2n) is 5.42. The molecule has 0 bridgehead atoms. The van der Waals surface area contributed by atoms with E-state index in [2.05, 4.69) is 11.8 Å². The molecule has 2 unspecified atom stereocenters. The lowest BCUT2D eigenvalue weighted by atomic mass is 9.70. The highest BCUT2D eigenvalue weighted by Gasteiger charge is 2.44. The van der Waals surface area contributed by atoms with Gasteiger partial charge in [0.2, 0.25) is 0 Å². The van der Waals surface area contributed by atoms with Gasteiger partial charge in [0, 0.05) is 18.6 Å². The van der Waals surface area contributed by atoms with Crippen LogP contribution in [0.15, 0.2) is 0 Å². The van der Waals surface area contributed by atoms with Crippen molar-refractivity contribution in [3.05, 3.63) is 0 Å². The Hall–Kier alpha value is -0.610. The van der Waals surface area contributed by atoms with Crippen molar-refractivity contribution in [1.29, 1.82) is 0 Å². The molecule has 0 aromatic carbocycles. The molecular weight excluding hydrogens is 218 g/mol. The Kier molecular flexibility index (Phi) is 4.05. The van der Waals surface area contributed by atoms with E-state index >= 15 is 0 Å². The third-order valence-corrected chi connectivity index (χ3v) is 4.51. The molecule has 0 radical (unpaired) electrons. The van der Waals surface area contributed by atoms with Gasteiger partial charge in [0.25, 0.3) is 0 Å². The third kappa shape index (κ3) is 2.63. The van der Waals surface area contributed by atoms with Crippen molar-refractivity contribution < 1.29 is 14.6 Å². The molecule has 1 saturated carbocycles. The van der Waals surface area contributed by atoms with E-state index in [1.54, 1.807) is 0 Å². The van der Waals surface area contributed by atoms with Crippen LogP contribution < -0.4 is 0 Å². The van der Waals surface area contributed by atoms with Crippen molar-refractivity contribution in [3.8, 4) is 0 Å². The van der Waals surface area contributed by atoms with Crippen molar-refractivity contribution in [1.82, 2.24) is 4.90 Å². The molecule has 1 aliphatic heterocycles. The number of aliphatic carboxylic acids is 1. The number of carboxylic acid groups (broad SMARTS) is 1. The molecule has 1 aliphatic carbocycles. The van der Waals surface area contributed by atoms with Crippen LogP contribution in [0.1, 0.15) is 39.0 Å². The van der Waals surface area contributed by atoms with Crippen molar-refractivity contribution in [2.24, 2.45) is 5.92 Å². The van der Waals surface area contributed by atoms with E-state index in [4.69, 9.17) is 4.74 Å². The monoisotopic (exact) mass is 241 g/mol. The molecule has 1 saturated heterocycles. The number of carbonyl (C=O) groups is 1. The second kappa shape index (κ2) is 5.36. The highest BCUT2D eigenvalue weighted by molar-refractivity contribution is 5.68. The molecule has 2 fully saturated rings. The van der Waals surface area contributed by atoms with Crippen LogP contribution in [0, 0.1) is 5.92 Å². The molecule has 1 N–H and O–H groups in total. The Labute approximate surface area is 103 Å². The summed E-state index contributed by atoms with van der Waals surface area (Å²) in [7, 11) is 0. The zero-order valence-corrected chi connectivity index (χ0v) is 10.7. The molecule has 0 spiro atoms. The van der Waals surface area contributed by atoms with Crippen LogP contribution in [0.4, 0.5) is 0 Å². The maximum absolute atomic E-state index is 11.2. The molecule has 17 heavy (non-hydrogen) atoms. The van der Waals surface area contributed by atoms with E-state index in [0.717, 1.165) is 45.6 Å². The smallest absolute Gasteiger partial charge is 0.305 e. The Balaban J connectivity index is 2.17. The van der Waals surface area contributed by atoms with Crippen molar-refractivity contribution in [3.63, 3.8) is 0 Å². The summed E-state index contributed by atoms with van der Waals surface area (Å²) >= 11 is 0. The lowest BCUT2D eigenvalue weighted by molar-refractivity contribution is -0.145. The third-order valence-electron chi connectivity index (χ3n) is 4.51. The van der Waals surface area contributed by atoms with E-state index in [-0.39, 0.29) is 12.0 Å². The van der Waals surface area contributed by atoms with E-state index in [1.807, 2.05) is 0 Å². The molecule has 4 heteroatoms. The fourth-order valence-electron chi connectivity index (χ4n) is 3.51. The van der Waals surface area contributed by atoms with Gasteiger partial charge in [-0.15, -0.1) is 0 Å². The maximum Gasteiger partial charge on any atom is 0.305 e. The molecule has 0 amide bonds. The summed E-state index contributed by atoms with van der Waals surface area (Å²) < 4.78 is 5.39. The summed E-state index contributed by atoms with van der Waals surface area (Å²) in [6.07, 6.45) is 4.88. The number of nitrogens with zero attached hydrogens (tertiary/aromatic N) is 1. The summed E-state index contributed by atoms with van der Waals surface area (Å²) in [5, 5.41) is 9.22. The number of rotatable bonds is 3. The SMILES string of the molecule is CC1CCCCC1(CC(=O)O)N1CCOCC1. The molecule has 2 aliphatic rings. The normalized spacial score (nSPS) is 35.7. The number of hydrogen-bond donors (Lipinski definition) is 1. The average molecular weight is 241 g/mol. The van der Waals surface area contributed by atoms with Crippen LogP contribution in [-0.4, -0.2) is 47.8 Å². The zero-order valence-electron chi connectivity index (χ0n) is 10.7. The van der Waals surface area contributed by atoms with Crippen molar-refractivity contribution in [2.75, 3.05) is 26.3 Å². The van der Waals surface area contributed by atoms with Gasteiger partial charge in [-0.1, -0.05) is 19.8 Å². The Bertz CT molecular complexity index is 276. The first-order chi connectivity index (χ1) is 8.15.